The van der Waals surface area contributed by atoms with Crippen molar-refractivity contribution in [2.24, 2.45) is 5.92 Å². The maximum atomic E-state index is 12.9. The van der Waals surface area contributed by atoms with Gasteiger partial charge in [-0.25, -0.2) is 4.79 Å². The van der Waals surface area contributed by atoms with Crippen molar-refractivity contribution in [3.8, 4) is 0 Å². The molecule has 1 aliphatic heterocycles. The van der Waals surface area contributed by atoms with Gasteiger partial charge in [0.25, 0.3) is 0 Å². The van der Waals surface area contributed by atoms with Crippen molar-refractivity contribution in [1.82, 2.24) is 0 Å². The molecule has 2 N–H and O–H groups in total. The molecule has 0 saturated carbocycles. The molecule has 1 fully saturated rings. The molecule has 1 saturated heterocycles. The number of halogens is 3. The zero-order chi connectivity index (χ0) is 19.2. The summed E-state index contributed by atoms with van der Waals surface area (Å²) in [5, 5.41) is 2.46. The predicted molar refractivity (Wildman–Crippen MR) is 127 cm³/mol. The number of nitrogens with two attached hydrogens (primary N) is 1. The summed E-state index contributed by atoms with van der Waals surface area (Å²) in [6.07, 6.45) is 2.08. The second-order valence-corrected chi connectivity index (χ2v) is 12.5. The summed E-state index contributed by atoms with van der Waals surface area (Å²) in [7, 11) is 0. The molecule has 1 aromatic carbocycles. The molecule has 2 rings (SSSR count). The highest BCUT2D eigenvalue weighted by Crippen LogP contribution is 2.37. The first-order valence-electron chi connectivity index (χ1n) is 8.47. The Balaban J connectivity index is 2.25. The Morgan fingerprint density at radius 2 is 1.64 bits per heavy atom. The highest BCUT2D eigenvalue weighted by Gasteiger charge is 2.48. The van der Waals surface area contributed by atoms with Crippen LogP contribution in [0.1, 0.15) is 64.7 Å². The third kappa shape index (κ3) is 5.66. The van der Waals surface area contributed by atoms with E-state index in [2.05, 4.69) is 121 Å². The summed E-state index contributed by atoms with van der Waals surface area (Å²) in [6.45, 7) is 13.3. The lowest BCUT2D eigenvalue weighted by Crippen LogP contribution is -3.05. The van der Waals surface area contributed by atoms with Crippen LogP contribution in [0.4, 0.5) is 0 Å². The van der Waals surface area contributed by atoms with Crippen LogP contribution in [-0.2, 0) is 4.74 Å². The minimum absolute atomic E-state index is 0.155. The SMILES string of the molecule is CC1(C)CC(C(C)(C)OC(=O)c2cc(I)cc(I)c2I)CC(C)(C)[NH2+]1. The molecule has 1 aromatic rings. The number of piperidine rings is 1. The normalized spacial score (nSPS) is 20.4. The summed E-state index contributed by atoms with van der Waals surface area (Å²) < 4.78 is 9.19. The number of carbonyl (C=O) groups is 1. The maximum absolute atomic E-state index is 12.9. The van der Waals surface area contributed by atoms with E-state index in [1.165, 1.54) is 0 Å². The Hall–Kier alpha value is 0.840. The van der Waals surface area contributed by atoms with Crippen molar-refractivity contribution in [3.63, 3.8) is 0 Å². The molecular formula is C19H27I3NO2+. The van der Waals surface area contributed by atoms with Crippen LogP contribution in [0.25, 0.3) is 0 Å². The van der Waals surface area contributed by atoms with Gasteiger partial charge in [0.2, 0.25) is 0 Å². The fourth-order valence-electron chi connectivity index (χ4n) is 4.09. The van der Waals surface area contributed by atoms with Gasteiger partial charge in [-0.3, -0.25) is 0 Å². The van der Waals surface area contributed by atoms with E-state index in [0.29, 0.717) is 11.5 Å². The zero-order valence-corrected chi connectivity index (χ0v) is 22.1. The lowest BCUT2D eigenvalue weighted by molar-refractivity contribution is -0.790. The van der Waals surface area contributed by atoms with E-state index >= 15 is 0 Å². The van der Waals surface area contributed by atoms with Gasteiger partial charge >= 0.3 is 5.97 Å². The summed E-state index contributed by atoms with van der Waals surface area (Å²) in [4.78, 5) is 12.9. The number of carbonyl (C=O) groups excluding carboxylic acids is 1. The summed E-state index contributed by atoms with van der Waals surface area (Å²) in [6, 6.07) is 4.00. The van der Waals surface area contributed by atoms with Gasteiger partial charge < -0.3 is 10.1 Å². The van der Waals surface area contributed by atoms with E-state index in [0.717, 1.165) is 23.6 Å². The topological polar surface area (TPSA) is 42.9 Å². The number of esters is 1. The third-order valence-electron chi connectivity index (χ3n) is 4.88. The molecule has 0 spiro atoms. The molecule has 0 radical (unpaired) electrons. The quantitative estimate of drug-likeness (QED) is 0.279. The third-order valence-corrected chi connectivity index (χ3v) is 8.55. The van der Waals surface area contributed by atoms with Crippen LogP contribution in [0.15, 0.2) is 12.1 Å². The first-order valence-corrected chi connectivity index (χ1v) is 11.7. The molecule has 1 heterocycles. The first-order chi connectivity index (χ1) is 11.2. The van der Waals surface area contributed by atoms with Crippen molar-refractivity contribution < 1.29 is 14.8 Å². The van der Waals surface area contributed by atoms with Gasteiger partial charge in [-0.05, 0) is 121 Å². The monoisotopic (exact) mass is 682 g/mol. The van der Waals surface area contributed by atoms with Crippen molar-refractivity contribution in [1.29, 1.82) is 0 Å². The van der Waals surface area contributed by atoms with Crippen molar-refractivity contribution in [2.75, 3.05) is 0 Å². The minimum atomic E-state index is -0.490. The molecule has 0 bridgehead atoms. The van der Waals surface area contributed by atoms with Gasteiger partial charge in [0.15, 0.2) is 0 Å². The van der Waals surface area contributed by atoms with Crippen LogP contribution in [0.2, 0.25) is 0 Å². The van der Waals surface area contributed by atoms with Gasteiger partial charge in [-0.2, -0.15) is 0 Å². The molecule has 140 valence electrons. The van der Waals surface area contributed by atoms with E-state index in [4.69, 9.17) is 4.74 Å². The van der Waals surface area contributed by atoms with E-state index in [-0.39, 0.29) is 17.0 Å². The summed E-state index contributed by atoms with van der Waals surface area (Å²) >= 11 is 6.76. The molecular weight excluding hydrogens is 655 g/mol. The van der Waals surface area contributed by atoms with Crippen LogP contribution in [0.5, 0.6) is 0 Å². The summed E-state index contributed by atoms with van der Waals surface area (Å²) in [5.74, 6) is 0.127. The highest BCUT2D eigenvalue weighted by atomic mass is 127. The Labute approximate surface area is 192 Å². The molecule has 25 heavy (non-hydrogen) atoms. The number of benzene rings is 1. The number of ether oxygens (including phenoxy) is 1. The molecule has 0 aliphatic carbocycles. The predicted octanol–water partition coefficient (Wildman–Crippen LogP) is 4.97. The van der Waals surface area contributed by atoms with Crippen LogP contribution in [0.3, 0.4) is 0 Å². The number of rotatable bonds is 3. The van der Waals surface area contributed by atoms with Gasteiger partial charge in [-0.15, -0.1) is 0 Å². The lowest BCUT2D eigenvalue weighted by Gasteiger charge is -2.47. The Kier molecular flexibility index (Phi) is 6.81. The van der Waals surface area contributed by atoms with Crippen LogP contribution < -0.4 is 5.32 Å². The van der Waals surface area contributed by atoms with E-state index in [1.807, 2.05) is 6.07 Å². The van der Waals surface area contributed by atoms with Crippen LogP contribution >= 0.6 is 67.8 Å². The van der Waals surface area contributed by atoms with Crippen molar-refractivity contribution in [3.05, 3.63) is 28.4 Å². The fraction of sp³-hybridized carbons (Fsp3) is 0.632. The van der Waals surface area contributed by atoms with Crippen molar-refractivity contribution >= 4 is 73.7 Å². The maximum Gasteiger partial charge on any atom is 0.339 e. The second kappa shape index (κ2) is 7.69. The molecule has 0 unspecified atom stereocenters. The molecule has 0 aromatic heterocycles. The highest BCUT2D eigenvalue weighted by molar-refractivity contribution is 14.1. The molecule has 0 amide bonds. The average molecular weight is 682 g/mol. The molecule has 3 nitrogen and oxygen atoms in total. The van der Waals surface area contributed by atoms with Gasteiger partial charge in [0.1, 0.15) is 5.60 Å². The minimum Gasteiger partial charge on any atom is -0.456 e. The van der Waals surface area contributed by atoms with Crippen LogP contribution in [-0.4, -0.2) is 22.6 Å². The standard InChI is InChI=1S/C19H26I3NO2/c1-17(2)9-11(10-18(3,4)23-17)19(5,6)25-16(24)13-7-12(20)8-14(21)15(13)22/h7-8,11,23H,9-10H2,1-6H3/p+1. The van der Waals surface area contributed by atoms with Gasteiger partial charge in [-0.1, -0.05) is 0 Å². The number of hydrogen-bond donors (Lipinski definition) is 1. The average Bonchev–Trinajstić information content (AvgIpc) is 2.38. The Morgan fingerprint density at radius 1 is 1.12 bits per heavy atom. The largest absolute Gasteiger partial charge is 0.456 e. The van der Waals surface area contributed by atoms with Gasteiger partial charge in [0.05, 0.1) is 16.6 Å². The number of hydrogen-bond acceptors (Lipinski definition) is 2. The summed E-state index contributed by atoms with van der Waals surface area (Å²) in [5.41, 5.74) is 0.491. The Morgan fingerprint density at radius 3 is 2.16 bits per heavy atom. The number of quaternary nitrogens is 1. The molecule has 6 heteroatoms. The van der Waals surface area contributed by atoms with E-state index in [9.17, 15) is 4.79 Å². The van der Waals surface area contributed by atoms with Crippen molar-refractivity contribution in [2.45, 2.75) is 71.1 Å². The van der Waals surface area contributed by atoms with Gasteiger partial charge in [0, 0.05) is 29.5 Å². The molecule has 0 atom stereocenters. The fourth-order valence-corrected chi connectivity index (χ4v) is 6.47. The molecule has 1 aliphatic rings. The lowest BCUT2D eigenvalue weighted by atomic mass is 9.70. The zero-order valence-electron chi connectivity index (χ0n) is 15.7. The van der Waals surface area contributed by atoms with E-state index < -0.39 is 5.60 Å². The van der Waals surface area contributed by atoms with E-state index in [1.54, 1.807) is 0 Å². The smallest absolute Gasteiger partial charge is 0.339 e. The first kappa shape index (κ1) is 22.1. The Bertz CT molecular complexity index is 667. The second-order valence-electron chi connectivity index (χ2n) is 8.97. The van der Waals surface area contributed by atoms with Crippen LogP contribution in [0, 0.1) is 16.6 Å².